The van der Waals surface area contributed by atoms with Gasteiger partial charge in [0.1, 0.15) is 52.8 Å². The fourth-order valence-corrected chi connectivity index (χ4v) is 4.32. The van der Waals surface area contributed by atoms with E-state index < -0.39 is 5.82 Å². The first-order valence-corrected chi connectivity index (χ1v) is 12.2. The van der Waals surface area contributed by atoms with Crippen molar-refractivity contribution in [1.29, 1.82) is 5.26 Å². The van der Waals surface area contributed by atoms with Gasteiger partial charge < -0.3 is 19.9 Å². The smallest absolute Gasteiger partial charge is 0.231 e. The molecule has 2 aromatic carbocycles. The molecule has 9 nitrogen and oxygen atoms in total. The number of anilines is 1. The molecule has 0 saturated carbocycles. The topological polar surface area (TPSA) is 119 Å². The van der Waals surface area contributed by atoms with E-state index in [-0.39, 0.29) is 24.1 Å². The van der Waals surface area contributed by atoms with Crippen molar-refractivity contribution in [2.75, 3.05) is 18.9 Å². The minimum absolute atomic E-state index is 0.0899. The molecule has 1 fully saturated rings. The number of aromatic nitrogens is 3. The lowest BCUT2D eigenvalue weighted by atomic mass is 10.1. The Morgan fingerprint density at radius 3 is 2.58 bits per heavy atom. The summed E-state index contributed by atoms with van der Waals surface area (Å²) in [5.74, 6) is 0.860. The second-order valence-electron chi connectivity index (χ2n) is 9.07. The quantitative estimate of drug-likeness (QED) is 0.270. The molecule has 0 amide bonds. The number of pyridine rings is 1. The monoisotopic (exact) mass is 516 g/mol. The average Bonchev–Trinajstić information content (AvgIpc) is 3.26. The molecule has 0 spiro atoms. The van der Waals surface area contributed by atoms with Gasteiger partial charge in [-0.25, -0.2) is 9.07 Å². The van der Waals surface area contributed by atoms with E-state index in [9.17, 15) is 14.9 Å². The Bertz CT molecular complexity index is 1490. The zero-order valence-electron chi connectivity index (χ0n) is 20.8. The Hall–Kier alpha value is -4.62. The normalized spacial score (nSPS) is 13.7. The number of nitrogen functional groups attached to an aromatic ring is 1. The van der Waals surface area contributed by atoms with Crippen LogP contribution in [-0.2, 0) is 11.3 Å². The van der Waals surface area contributed by atoms with Crippen molar-refractivity contribution in [1.82, 2.24) is 9.78 Å². The maximum Gasteiger partial charge on any atom is 0.231 e. The van der Waals surface area contributed by atoms with Crippen LogP contribution in [0.25, 0.3) is 11.3 Å². The van der Waals surface area contributed by atoms with Gasteiger partial charge in [0.15, 0.2) is 0 Å². The second kappa shape index (κ2) is 10.8. The third-order valence-electron chi connectivity index (χ3n) is 6.40. The summed E-state index contributed by atoms with van der Waals surface area (Å²) in [6, 6.07) is 17.0. The summed E-state index contributed by atoms with van der Waals surface area (Å²) >= 11 is 0. The van der Waals surface area contributed by atoms with E-state index in [1.165, 1.54) is 18.3 Å². The molecule has 1 saturated heterocycles. The zero-order valence-corrected chi connectivity index (χ0v) is 20.8. The summed E-state index contributed by atoms with van der Waals surface area (Å²) in [4.78, 5) is 0. The molecular formula is C28H27FN5O4+. The number of nitrogens with two attached hydrogens (primary N) is 1. The summed E-state index contributed by atoms with van der Waals surface area (Å²) < 4.78 is 34.0. The van der Waals surface area contributed by atoms with Crippen LogP contribution in [0.1, 0.15) is 35.7 Å². The number of benzene rings is 2. The van der Waals surface area contributed by atoms with E-state index in [2.05, 4.69) is 11.2 Å². The summed E-state index contributed by atoms with van der Waals surface area (Å²) in [7, 11) is 0. The van der Waals surface area contributed by atoms with Crippen molar-refractivity contribution < 1.29 is 28.5 Å². The first-order valence-electron chi connectivity index (χ1n) is 12.2. The summed E-state index contributed by atoms with van der Waals surface area (Å²) in [5.41, 5.74) is 9.22. The number of hydrogen-bond donors (Lipinski definition) is 2. The highest BCUT2D eigenvalue weighted by Gasteiger charge is 2.24. The number of ether oxygens (including phenoxy) is 3. The lowest BCUT2D eigenvalue weighted by Gasteiger charge is -2.23. The minimum Gasteiger partial charge on any atom is -0.488 e. The molecule has 38 heavy (non-hydrogen) atoms. The molecular weight excluding hydrogens is 489 g/mol. The summed E-state index contributed by atoms with van der Waals surface area (Å²) in [6.45, 7) is 3.18. The van der Waals surface area contributed by atoms with Gasteiger partial charge in [-0.3, -0.25) is 5.21 Å². The molecule has 3 heterocycles. The van der Waals surface area contributed by atoms with Gasteiger partial charge in [0.25, 0.3) is 0 Å². The van der Waals surface area contributed by atoms with Gasteiger partial charge in [0, 0.05) is 54.7 Å². The second-order valence-corrected chi connectivity index (χ2v) is 9.07. The largest absolute Gasteiger partial charge is 0.488 e. The number of hydrogen-bond acceptors (Lipinski definition) is 7. The minimum atomic E-state index is -0.511. The zero-order chi connectivity index (χ0) is 26.6. The Kier molecular flexibility index (Phi) is 7.11. The van der Waals surface area contributed by atoms with Crippen LogP contribution in [0.5, 0.6) is 17.2 Å². The first kappa shape index (κ1) is 25.0. The van der Waals surface area contributed by atoms with Crippen LogP contribution in [0, 0.1) is 24.1 Å². The molecule has 0 bridgehead atoms. The van der Waals surface area contributed by atoms with Crippen LogP contribution < -0.4 is 19.9 Å². The Labute approximate surface area is 219 Å². The standard InChI is InChI=1S/C28H27FN5O4/c1-18-2-3-19(16-33(18)35)17-37-24-12-21(29)13-25(14-24)38-23-6-4-20(5-7-23)27-26(15-30)28(31)34(32-27)22-8-10-36-11-9-22/h2-7,12-14,16,22,35H,8-11,17,31H2,1H3/q+1. The van der Waals surface area contributed by atoms with Gasteiger partial charge in [-0.2, -0.15) is 10.4 Å². The van der Waals surface area contributed by atoms with Gasteiger partial charge >= 0.3 is 0 Å². The van der Waals surface area contributed by atoms with E-state index >= 15 is 0 Å². The van der Waals surface area contributed by atoms with Crippen molar-refractivity contribution in [2.24, 2.45) is 0 Å². The van der Waals surface area contributed by atoms with E-state index in [4.69, 9.17) is 19.9 Å². The SMILES string of the molecule is Cc1ccc(COc2cc(F)cc(Oc3ccc(-c4nn(C5CCOCC5)c(N)c4C#N)cc3)c2)c[n+]1O. The van der Waals surface area contributed by atoms with Crippen molar-refractivity contribution in [3.05, 3.63) is 83.4 Å². The lowest BCUT2D eigenvalue weighted by Crippen LogP contribution is -2.33. The molecule has 0 radical (unpaired) electrons. The highest BCUT2D eigenvalue weighted by molar-refractivity contribution is 5.73. The number of nitriles is 1. The van der Waals surface area contributed by atoms with Crippen molar-refractivity contribution in [2.45, 2.75) is 32.4 Å². The Morgan fingerprint density at radius 2 is 1.87 bits per heavy atom. The van der Waals surface area contributed by atoms with Gasteiger partial charge in [-0.1, -0.05) is 0 Å². The van der Waals surface area contributed by atoms with E-state index in [0.717, 1.165) is 23.1 Å². The summed E-state index contributed by atoms with van der Waals surface area (Å²) in [6.07, 6.45) is 3.11. The molecule has 194 valence electrons. The van der Waals surface area contributed by atoms with Crippen molar-refractivity contribution in [3.63, 3.8) is 0 Å². The Morgan fingerprint density at radius 1 is 1.13 bits per heavy atom. The fourth-order valence-electron chi connectivity index (χ4n) is 4.32. The molecule has 10 heteroatoms. The molecule has 0 atom stereocenters. The van der Waals surface area contributed by atoms with Gasteiger partial charge in [0.2, 0.25) is 11.9 Å². The van der Waals surface area contributed by atoms with Crippen LogP contribution >= 0.6 is 0 Å². The molecule has 0 aliphatic carbocycles. The maximum atomic E-state index is 14.3. The molecule has 1 aliphatic rings. The highest BCUT2D eigenvalue weighted by atomic mass is 19.1. The third-order valence-corrected chi connectivity index (χ3v) is 6.40. The average molecular weight is 517 g/mol. The van der Waals surface area contributed by atoms with E-state index in [1.54, 1.807) is 48.0 Å². The third kappa shape index (κ3) is 5.38. The van der Waals surface area contributed by atoms with E-state index in [0.29, 0.717) is 47.3 Å². The number of aryl methyl sites for hydroxylation is 1. The molecule has 3 N–H and O–H groups in total. The highest BCUT2D eigenvalue weighted by Crippen LogP contribution is 2.33. The number of rotatable bonds is 7. The number of halogens is 1. The lowest BCUT2D eigenvalue weighted by molar-refractivity contribution is -0.909. The first-order chi connectivity index (χ1) is 18.4. The van der Waals surface area contributed by atoms with Crippen LogP contribution in [-0.4, -0.2) is 28.2 Å². The van der Waals surface area contributed by atoms with Crippen LogP contribution in [0.15, 0.2) is 60.8 Å². The molecule has 2 aromatic heterocycles. The van der Waals surface area contributed by atoms with E-state index in [1.807, 2.05) is 6.07 Å². The molecule has 4 aromatic rings. The predicted molar refractivity (Wildman–Crippen MR) is 135 cm³/mol. The summed E-state index contributed by atoms with van der Waals surface area (Å²) in [5, 5.41) is 24.2. The predicted octanol–water partition coefficient (Wildman–Crippen LogP) is 4.70. The molecule has 1 aliphatic heterocycles. The van der Waals surface area contributed by atoms with Gasteiger partial charge in [-0.15, -0.1) is 0 Å². The number of nitrogens with zero attached hydrogens (tertiary/aromatic N) is 4. The van der Waals surface area contributed by atoms with Gasteiger partial charge in [0.05, 0.1) is 11.6 Å². The van der Waals surface area contributed by atoms with Crippen molar-refractivity contribution in [3.8, 4) is 34.6 Å². The van der Waals surface area contributed by atoms with Crippen LogP contribution in [0.2, 0.25) is 0 Å². The van der Waals surface area contributed by atoms with Gasteiger partial charge in [-0.05, 0) is 43.2 Å². The van der Waals surface area contributed by atoms with Crippen LogP contribution in [0.3, 0.4) is 0 Å². The maximum absolute atomic E-state index is 14.3. The molecule has 0 unspecified atom stereocenters. The Balaban J connectivity index is 1.31. The fraction of sp³-hybridized carbons (Fsp3) is 0.250. The van der Waals surface area contributed by atoms with Crippen LogP contribution in [0.4, 0.5) is 10.2 Å². The molecule has 5 rings (SSSR count). The van der Waals surface area contributed by atoms with Crippen molar-refractivity contribution >= 4 is 5.82 Å².